The molecule has 0 spiro atoms. The number of aliphatic hydroxyl groups is 1. The summed E-state index contributed by atoms with van der Waals surface area (Å²) in [7, 11) is -3.01. The van der Waals surface area contributed by atoms with Crippen LogP contribution in [-0.2, 0) is 29.5 Å². The van der Waals surface area contributed by atoms with E-state index in [1.54, 1.807) is 6.07 Å². The SMILES string of the molecule is CC.CS(=O)(=O)CCCOc1ccc(-c2cccc(COc3ccc4c(c3)CC3CC43)c2)c(CO)n1. The summed E-state index contributed by atoms with van der Waals surface area (Å²) in [5, 5.41) is 9.88. The number of pyridine rings is 1. The number of fused-ring (bicyclic) bond motifs is 3. The quantitative estimate of drug-likeness (QED) is 0.372. The summed E-state index contributed by atoms with van der Waals surface area (Å²) in [6, 6.07) is 18.1. The van der Waals surface area contributed by atoms with E-state index in [0.29, 0.717) is 24.6 Å². The zero-order valence-corrected chi connectivity index (χ0v) is 22.1. The number of nitrogens with zero attached hydrogens (tertiary/aromatic N) is 1. The summed E-state index contributed by atoms with van der Waals surface area (Å²) < 4.78 is 34.2. The van der Waals surface area contributed by atoms with Gasteiger partial charge in [0.15, 0.2) is 0 Å². The van der Waals surface area contributed by atoms with Gasteiger partial charge in [-0.25, -0.2) is 13.4 Å². The summed E-state index contributed by atoms with van der Waals surface area (Å²) in [6.45, 7) is 4.48. The molecule has 7 heteroatoms. The first-order chi connectivity index (χ1) is 17.4. The molecule has 5 rings (SSSR count). The maximum absolute atomic E-state index is 11.2. The van der Waals surface area contributed by atoms with E-state index >= 15 is 0 Å². The van der Waals surface area contributed by atoms with Gasteiger partial charge in [-0.15, -0.1) is 0 Å². The Morgan fingerprint density at radius 3 is 2.67 bits per heavy atom. The second-order valence-corrected chi connectivity index (χ2v) is 11.5. The van der Waals surface area contributed by atoms with Gasteiger partial charge < -0.3 is 14.6 Å². The number of benzene rings is 2. The molecule has 0 radical (unpaired) electrons. The molecule has 1 N–H and O–H groups in total. The van der Waals surface area contributed by atoms with Crippen LogP contribution in [0.1, 0.15) is 55.0 Å². The van der Waals surface area contributed by atoms with E-state index in [0.717, 1.165) is 34.3 Å². The van der Waals surface area contributed by atoms with Crippen LogP contribution < -0.4 is 9.47 Å². The fraction of sp³-hybridized carbons (Fsp3) is 0.414. The highest BCUT2D eigenvalue weighted by Gasteiger charge is 2.44. The van der Waals surface area contributed by atoms with E-state index in [1.165, 1.54) is 30.2 Å². The molecule has 1 fully saturated rings. The molecule has 2 unspecified atom stereocenters. The fourth-order valence-electron chi connectivity index (χ4n) is 4.79. The predicted molar refractivity (Wildman–Crippen MR) is 142 cm³/mol. The Morgan fingerprint density at radius 2 is 1.89 bits per heavy atom. The molecule has 192 valence electrons. The van der Waals surface area contributed by atoms with Crippen molar-refractivity contribution in [2.75, 3.05) is 18.6 Å². The number of ether oxygens (including phenoxy) is 2. The van der Waals surface area contributed by atoms with E-state index in [-0.39, 0.29) is 19.0 Å². The second kappa shape index (κ2) is 11.4. The lowest BCUT2D eigenvalue weighted by Gasteiger charge is -2.13. The van der Waals surface area contributed by atoms with E-state index in [1.807, 2.05) is 44.2 Å². The van der Waals surface area contributed by atoms with Crippen LogP contribution in [0.15, 0.2) is 54.6 Å². The molecule has 1 saturated carbocycles. The molecule has 1 heterocycles. The van der Waals surface area contributed by atoms with Gasteiger partial charge >= 0.3 is 0 Å². The third-order valence-corrected chi connectivity index (χ3v) is 7.60. The topological polar surface area (TPSA) is 85.7 Å². The summed E-state index contributed by atoms with van der Waals surface area (Å²) >= 11 is 0. The van der Waals surface area contributed by atoms with Crippen molar-refractivity contribution in [3.05, 3.63) is 77.0 Å². The molecule has 2 aromatic carbocycles. The maximum Gasteiger partial charge on any atom is 0.213 e. The Bertz CT molecular complexity index is 1300. The van der Waals surface area contributed by atoms with Crippen molar-refractivity contribution >= 4 is 9.84 Å². The summed E-state index contributed by atoms with van der Waals surface area (Å²) in [5.41, 5.74) is 6.25. The number of hydrogen-bond acceptors (Lipinski definition) is 6. The van der Waals surface area contributed by atoms with Crippen molar-refractivity contribution in [1.82, 2.24) is 4.98 Å². The molecule has 0 amide bonds. The summed E-state index contributed by atoms with van der Waals surface area (Å²) in [4.78, 5) is 4.41. The van der Waals surface area contributed by atoms with Gasteiger partial charge in [-0.3, -0.25) is 0 Å². The van der Waals surface area contributed by atoms with E-state index in [9.17, 15) is 13.5 Å². The number of rotatable bonds is 10. The predicted octanol–water partition coefficient (Wildman–Crippen LogP) is 5.32. The van der Waals surface area contributed by atoms with E-state index in [2.05, 4.69) is 23.2 Å². The molecule has 3 aromatic rings. The number of aliphatic hydroxyl groups excluding tert-OH is 1. The van der Waals surface area contributed by atoms with Gasteiger partial charge in [-0.1, -0.05) is 38.1 Å². The minimum absolute atomic E-state index is 0.0687. The van der Waals surface area contributed by atoms with Crippen molar-refractivity contribution in [2.45, 2.75) is 52.2 Å². The van der Waals surface area contributed by atoms with Gasteiger partial charge in [0.25, 0.3) is 0 Å². The summed E-state index contributed by atoms with van der Waals surface area (Å²) in [6.07, 6.45) is 4.13. The first kappa shape index (κ1) is 26.2. The van der Waals surface area contributed by atoms with Gasteiger partial charge in [0.2, 0.25) is 5.88 Å². The number of aromatic nitrogens is 1. The lowest BCUT2D eigenvalue weighted by atomic mass is 10.0. The summed E-state index contributed by atoms with van der Waals surface area (Å²) in [5.74, 6) is 3.00. The lowest BCUT2D eigenvalue weighted by Crippen LogP contribution is -2.09. The molecule has 2 aliphatic rings. The van der Waals surface area contributed by atoms with Crippen LogP contribution in [0.4, 0.5) is 0 Å². The second-order valence-electron chi connectivity index (χ2n) is 9.29. The highest BCUT2D eigenvalue weighted by atomic mass is 32.2. The first-order valence-corrected chi connectivity index (χ1v) is 14.7. The third kappa shape index (κ3) is 6.45. The number of sulfone groups is 1. The van der Waals surface area contributed by atoms with Crippen molar-refractivity contribution in [3.63, 3.8) is 0 Å². The zero-order valence-electron chi connectivity index (χ0n) is 21.2. The van der Waals surface area contributed by atoms with Crippen molar-refractivity contribution < 1.29 is 23.0 Å². The number of hydrogen-bond donors (Lipinski definition) is 1. The van der Waals surface area contributed by atoms with E-state index < -0.39 is 9.84 Å². The molecular formula is C29H35NO5S. The van der Waals surface area contributed by atoms with Crippen LogP contribution >= 0.6 is 0 Å². The normalized spacial score (nSPS) is 17.4. The molecule has 0 aliphatic heterocycles. The van der Waals surface area contributed by atoms with Gasteiger partial charge in [-0.2, -0.15) is 0 Å². The fourth-order valence-corrected chi connectivity index (χ4v) is 5.43. The highest BCUT2D eigenvalue weighted by molar-refractivity contribution is 7.90. The molecule has 0 bridgehead atoms. The highest BCUT2D eigenvalue weighted by Crippen LogP contribution is 2.56. The van der Waals surface area contributed by atoms with Crippen LogP contribution in [-0.4, -0.2) is 37.1 Å². The molecule has 2 atom stereocenters. The monoisotopic (exact) mass is 509 g/mol. The van der Waals surface area contributed by atoms with Gasteiger partial charge in [-0.05, 0) is 77.6 Å². The Kier molecular flexibility index (Phi) is 8.32. The molecule has 0 saturated heterocycles. The third-order valence-electron chi connectivity index (χ3n) is 6.57. The van der Waals surface area contributed by atoms with Crippen LogP contribution in [0.25, 0.3) is 11.1 Å². The Balaban J connectivity index is 0.00000148. The molecule has 1 aromatic heterocycles. The minimum atomic E-state index is -3.01. The standard InChI is InChI=1S/C27H29NO5S.C2H6/c1-34(30,31)11-3-10-32-27-9-8-24(26(16-29)28-27)19-5-2-4-18(12-19)17-33-22-6-7-23-20(14-22)13-21-15-25(21)23;1-2/h2,4-9,12,14,21,25,29H,3,10-11,13,15-17H2,1H3;1-2H3. The van der Waals surface area contributed by atoms with Crippen LogP contribution in [0.3, 0.4) is 0 Å². The Hall–Kier alpha value is -2.90. The maximum atomic E-state index is 11.2. The average molecular weight is 510 g/mol. The Labute approximate surface area is 214 Å². The van der Waals surface area contributed by atoms with Crippen molar-refractivity contribution in [1.29, 1.82) is 0 Å². The van der Waals surface area contributed by atoms with Crippen molar-refractivity contribution in [3.8, 4) is 22.8 Å². The minimum Gasteiger partial charge on any atom is -0.489 e. The van der Waals surface area contributed by atoms with Crippen LogP contribution in [0, 0.1) is 5.92 Å². The largest absolute Gasteiger partial charge is 0.489 e. The van der Waals surface area contributed by atoms with Gasteiger partial charge in [0.05, 0.1) is 24.7 Å². The van der Waals surface area contributed by atoms with E-state index in [4.69, 9.17) is 9.47 Å². The van der Waals surface area contributed by atoms with Crippen LogP contribution in [0.5, 0.6) is 11.6 Å². The van der Waals surface area contributed by atoms with Gasteiger partial charge in [0.1, 0.15) is 22.2 Å². The molecule has 36 heavy (non-hydrogen) atoms. The first-order valence-electron chi connectivity index (χ1n) is 12.7. The molecule has 2 aliphatic carbocycles. The lowest BCUT2D eigenvalue weighted by molar-refractivity contribution is 0.269. The Morgan fingerprint density at radius 1 is 1.06 bits per heavy atom. The zero-order chi connectivity index (χ0) is 25.7. The van der Waals surface area contributed by atoms with Crippen molar-refractivity contribution in [2.24, 2.45) is 5.92 Å². The smallest absolute Gasteiger partial charge is 0.213 e. The molecule has 6 nitrogen and oxygen atoms in total. The van der Waals surface area contributed by atoms with Gasteiger partial charge in [0, 0.05) is 17.9 Å². The molecular weight excluding hydrogens is 474 g/mol. The van der Waals surface area contributed by atoms with Crippen LogP contribution in [0.2, 0.25) is 0 Å². The average Bonchev–Trinajstić information content (AvgIpc) is 3.56.